The topological polar surface area (TPSA) is 29.5 Å². The van der Waals surface area contributed by atoms with Gasteiger partial charge in [-0.25, -0.2) is 4.79 Å². The molecule has 0 unspecified atom stereocenters. The van der Waals surface area contributed by atoms with E-state index in [-0.39, 0.29) is 5.97 Å². The molecule has 0 saturated carbocycles. The Hall–Kier alpha value is -1.61. The van der Waals surface area contributed by atoms with Crippen LogP contribution in [0.4, 0.5) is 0 Å². The van der Waals surface area contributed by atoms with Crippen LogP contribution in [0.1, 0.15) is 18.4 Å². The largest absolute Gasteiger partial charge is 0.466 e. The van der Waals surface area contributed by atoms with Crippen molar-refractivity contribution in [2.45, 2.75) is 19.4 Å². The van der Waals surface area contributed by atoms with Gasteiger partial charge in [0.05, 0.1) is 7.11 Å². The molecule has 18 heavy (non-hydrogen) atoms. The van der Waals surface area contributed by atoms with Crippen LogP contribution >= 0.6 is 0 Å². The number of benzene rings is 1. The summed E-state index contributed by atoms with van der Waals surface area (Å²) in [7, 11) is 1.44. The van der Waals surface area contributed by atoms with E-state index >= 15 is 0 Å². The third-order valence-corrected chi connectivity index (χ3v) is 3.23. The van der Waals surface area contributed by atoms with Crippen LogP contribution in [0.25, 0.3) is 0 Å². The zero-order chi connectivity index (χ0) is 12.8. The lowest BCUT2D eigenvalue weighted by Crippen LogP contribution is -2.24. The minimum Gasteiger partial charge on any atom is -0.466 e. The maximum absolute atomic E-state index is 11.5. The molecule has 0 aliphatic carbocycles. The molecule has 0 radical (unpaired) electrons. The third kappa shape index (κ3) is 3.44. The summed E-state index contributed by atoms with van der Waals surface area (Å²) in [6.07, 6.45) is 3.70. The smallest absolute Gasteiger partial charge is 0.333 e. The monoisotopic (exact) mass is 245 g/mol. The van der Waals surface area contributed by atoms with Gasteiger partial charge in [-0.2, -0.15) is 0 Å². The molecule has 0 bridgehead atoms. The first-order chi connectivity index (χ1) is 8.79. The van der Waals surface area contributed by atoms with Crippen molar-refractivity contribution in [1.29, 1.82) is 0 Å². The number of carbonyl (C=O) groups is 1. The molecule has 0 N–H and O–H groups in total. The van der Waals surface area contributed by atoms with Crippen LogP contribution in [0.15, 0.2) is 42.0 Å². The molecule has 1 aliphatic heterocycles. The Balaban J connectivity index is 1.90. The van der Waals surface area contributed by atoms with Crippen LogP contribution in [0.5, 0.6) is 0 Å². The zero-order valence-electron chi connectivity index (χ0n) is 10.8. The van der Waals surface area contributed by atoms with E-state index < -0.39 is 0 Å². The van der Waals surface area contributed by atoms with Crippen LogP contribution in [0.3, 0.4) is 0 Å². The van der Waals surface area contributed by atoms with Gasteiger partial charge in [0.15, 0.2) is 0 Å². The molecule has 0 atom stereocenters. The molecule has 1 aliphatic rings. The molecule has 3 nitrogen and oxygen atoms in total. The van der Waals surface area contributed by atoms with Crippen LogP contribution in [0, 0.1) is 0 Å². The highest BCUT2D eigenvalue weighted by Gasteiger charge is 2.15. The predicted molar refractivity (Wildman–Crippen MR) is 71.1 cm³/mol. The number of hydrogen-bond donors (Lipinski definition) is 0. The third-order valence-electron chi connectivity index (χ3n) is 3.23. The molecule has 1 heterocycles. The lowest BCUT2D eigenvalue weighted by Gasteiger charge is -2.19. The molecular weight excluding hydrogens is 226 g/mol. The first-order valence-corrected chi connectivity index (χ1v) is 6.33. The van der Waals surface area contributed by atoms with Crippen LogP contribution in [-0.2, 0) is 16.1 Å². The first kappa shape index (κ1) is 12.8. The van der Waals surface area contributed by atoms with E-state index in [4.69, 9.17) is 4.74 Å². The maximum Gasteiger partial charge on any atom is 0.333 e. The average Bonchev–Trinajstić information content (AvgIpc) is 2.65. The van der Waals surface area contributed by atoms with Gasteiger partial charge < -0.3 is 4.74 Å². The summed E-state index contributed by atoms with van der Waals surface area (Å²) in [6.45, 7) is 2.86. The second-order valence-corrected chi connectivity index (χ2v) is 4.52. The maximum atomic E-state index is 11.5. The van der Waals surface area contributed by atoms with Gasteiger partial charge in [-0.3, -0.25) is 4.90 Å². The molecule has 0 spiro atoms. The van der Waals surface area contributed by atoms with E-state index in [2.05, 4.69) is 29.2 Å². The summed E-state index contributed by atoms with van der Waals surface area (Å²) in [5.74, 6) is -0.184. The van der Waals surface area contributed by atoms with Gasteiger partial charge in [0.2, 0.25) is 0 Å². The highest BCUT2D eigenvalue weighted by Crippen LogP contribution is 2.14. The van der Waals surface area contributed by atoms with Crippen LogP contribution in [-0.4, -0.2) is 31.1 Å². The van der Waals surface area contributed by atoms with E-state index in [1.807, 2.05) is 12.1 Å². The molecule has 0 saturated heterocycles. The van der Waals surface area contributed by atoms with E-state index in [1.165, 1.54) is 12.7 Å². The van der Waals surface area contributed by atoms with Crippen molar-refractivity contribution in [3.63, 3.8) is 0 Å². The standard InChI is InChI=1S/C15H19NO2/c1-18-15(17)14-8-5-10-16(11-9-14)12-13-6-3-2-4-7-13/h2-4,6-8H,5,9-12H2,1H3. The van der Waals surface area contributed by atoms with Gasteiger partial charge in [0.25, 0.3) is 0 Å². The Morgan fingerprint density at radius 3 is 2.78 bits per heavy atom. The van der Waals surface area contributed by atoms with E-state index in [1.54, 1.807) is 0 Å². The lowest BCUT2D eigenvalue weighted by molar-refractivity contribution is -0.136. The molecule has 96 valence electrons. The van der Waals surface area contributed by atoms with Crippen molar-refractivity contribution < 1.29 is 9.53 Å². The number of hydrogen-bond acceptors (Lipinski definition) is 3. The number of methoxy groups -OCH3 is 1. The Labute approximate surface area is 108 Å². The number of esters is 1. The van der Waals surface area contributed by atoms with Crippen molar-refractivity contribution in [3.8, 4) is 0 Å². The number of ether oxygens (including phenoxy) is 1. The van der Waals surface area contributed by atoms with Gasteiger partial charge in [0.1, 0.15) is 0 Å². The normalized spacial score (nSPS) is 16.8. The molecule has 3 heteroatoms. The number of nitrogens with zero attached hydrogens (tertiary/aromatic N) is 1. The average molecular weight is 245 g/mol. The Bertz CT molecular complexity index is 425. The summed E-state index contributed by atoms with van der Waals surface area (Å²) in [5, 5.41) is 0. The fourth-order valence-corrected chi connectivity index (χ4v) is 2.23. The fourth-order valence-electron chi connectivity index (χ4n) is 2.23. The van der Waals surface area contributed by atoms with Crippen molar-refractivity contribution >= 4 is 5.97 Å². The predicted octanol–water partition coefficient (Wildman–Crippen LogP) is 2.38. The summed E-state index contributed by atoms with van der Waals surface area (Å²) < 4.78 is 4.77. The Kier molecular flexibility index (Phi) is 4.53. The van der Waals surface area contributed by atoms with Crippen LogP contribution < -0.4 is 0 Å². The SMILES string of the molecule is COC(=O)C1=CCCN(Cc2ccccc2)CC1. The highest BCUT2D eigenvalue weighted by atomic mass is 16.5. The first-order valence-electron chi connectivity index (χ1n) is 6.33. The van der Waals surface area contributed by atoms with Gasteiger partial charge in [-0.15, -0.1) is 0 Å². The fraction of sp³-hybridized carbons (Fsp3) is 0.400. The minimum atomic E-state index is -0.184. The van der Waals surface area contributed by atoms with Crippen molar-refractivity contribution in [2.75, 3.05) is 20.2 Å². The number of rotatable bonds is 3. The summed E-state index contributed by atoms with van der Waals surface area (Å²) in [6, 6.07) is 10.4. The molecule has 1 aromatic carbocycles. The second-order valence-electron chi connectivity index (χ2n) is 4.52. The van der Waals surface area contributed by atoms with Crippen molar-refractivity contribution in [3.05, 3.63) is 47.5 Å². The molecule has 1 aromatic rings. The van der Waals surface area contributed by atoms with Crippen molar-refractivity contribution in [1.82, 2.24) is 4.90 Å². The quantitative estimate of drug-likeness (QED) is 0.766. The summed E-state index contributed by atoms with van der Waals surface area (Å²) >= 11 is 0. The molecule has 0 aromatic heterocycles. The van der Waals surface area contributed by atoms with Gasteiger partial charge in [0, 0.05) is 25.2 Å². The Morgan fingerprint density at radius 1 is 1.28 bits per heavy atom. The molecule has 0 amide bonds. The van der Waals surface area contributed by atoms with Gasteiger partial charge >= 0.3 is 5.97 Å². The summed E-state index contributed by atoms with van der Waals surface area (Å²) in [5.41, 5.74) is 2.13. The number of carbonyl (C=O) groups excluding carboxylic acids is 1. The second kappa shape index (κ2) is 6.36. The van der Waals surface area contributed by atoms with Crippen molar-refractivity contribution in [2.24, 2.45) is 0 Å². The van der Waals surface area contributed by atoms with E-state index in [9.17, 15) is 4.79 Å². The summed E-state index contributed by atoms with van der Waals surface area (Å²) in [4.78, 5) is 13.9. The lowest BCUT2D eigenvalue weighted by atomic mass is 10.1. The zero-order valence-corrected chi connectivity index (χ0v) is 10.8. The molecule has 2 rings (SSSR count). The molecule has 0 fully saturated rings. The van der Waals surface area contributed by atoms with E-state index in [0.717, 1.165) is 38.0 Å². The highest BCUT2D eigenvalue weighted by molar-refractivity contribution is 5.88. The van der Waals surface area contributed by atoms with Gasteiger partial charge in [-0.1, -0.05) is 36.4 Å². The van der Waals surface area contributed by atoms with Gasteiger partial charge in [-0.05, 0) is 18.4 Å². The van der Waals surface area contributed by atoms with Crippen LogP contribution in [0.2, 0.25) is 0 Å². The van der Waals surface area contributed by atoms with E-state index in [0.29, 0.717) is 0 Å². The molecular formula is C15H19NO2. The Morgan fingerprint density at radius 2 is 2.06 bits per heavy atom. The minimum absolute atomic E-state index is 0.184.